The Hall–Kier alpha value is -2.53. The fraction of sp³-hybridized carbons (Fsp3) is 0.381. The first-order valence-electron chi connectivity index (χ1n) is 8.80. The highest BCUT2D eigenvalue weighted by molar-refractivity contribution is 5.92. The van der Waals surface area contributed by atoms with E-state index in [1.165, 1.54) is 11.1 Å². The van der Waals surface area contributed by atoms with Crippen LogP contribution in [0.2, 0.25) is 0 Å². The van der Waals surface area contributed by atoms with Gasteiger partial charge in [-0.1, -0.05) is 12.1 Å². The maximum atomic E-state index is 12.1. The molecule has 0 aliphatic rings. The van der Waals surface area contributed by atoms with E-state index in [2.05, 4.69) is 31.3 Å². The Bertz CT molecular complexity index is 731. The van der Waals surface area contributed by atoms with E-state index in [9.17, 15) is 4.79 Å². The van der Waals surface area contributed by atoms with Crippen LogP contribution in [0.1, 0.15) is 17.5 Å². The van der Waals surface area contributed by atoms with Crippen LogP contribution in [0.15, 0.2) is 42.5 Å². The van der Waals surface area contributed by atoms with E-state index >= 15 is 0 Å². The van der Waals surface area contributed by atoms with Gasteiger partial charge in [-0.05, 0) is 62.7 Å². The van der Waals surface area contributed by atoms with E-state index in [1.54, 1.807) is 13.2 Å². The Morgan fingerprint density at radius 1 is 1.08 bits per heavy atom. The molecule has 0 spiro atoms. The molecule has 2 rings (SSSR count). The van der Waals surface area contributed by atoms with Crippen molar-refractivity contribution in [2.24, 2.45) is 0 Å². The Labute approximate surface area is 155 Å². The van der Waals surface area contributed by atoms with Crippen molar-refractivity contribution in [1.82, 2.24) is 4.90 Å². The standard InChI is InChI=1S/C21H28N2O3/c1-16-9-10-20(13-17(16)2)26-12-6-11-23(3)15-21(24)22-18-7-5-8-19(14-18)25-4/h5,7-10,13-14H,6,11-12,15H2,1-4H3,(H,22,24). The smallest absolute Gasteiger partial charge is 0.238 e. The first-order chi connectivity index (χ1) is 12.5. The van der Waals surface area contributed by atoms with Crippen molar-refractivity contribution in [2.75, 3.05) is 39.2 Å². The maximum absolute atomic E-state index is 12.1. The molecule has 0 aromatic heterocycles. The van der Waals surface area contributed by atoms with E-state index < -0.39 is 0 Å². The minimum atomic E-state index is -0.0455. The van der Waals surface area contributed by atoms with Crippen LogP contribution in [0.4, 0.5) is 5.69 Å². The second-order valence-corrected chi connectivity index (χ2v) is 6.47. The largest absolute Gasteiger partial charge is 0.497 e. The van der Waals surface area contributed by atoms with Crippen molar-refractivity contribution in [3.63, 3.8) is 0 Å². The first kappa shape index (κ1) is 19.8. The summed E-state index contributed by atoms with van der Waals surface area (Å²) in [6, 6.07) is 13.5. The summed E-state index contributed by atoms with van der Waals surface area (Å²) < 4.78 is 10.9. The number of nitrogens with one attached hydrogen (secondary N) is 1. The van der Waals surface area contributed by atoms with Gasteiger partial charge in [0, 0.05) is 18.3 Å². The molecule has 0 fully saturated rings. The molecule has 0 radical (unpaired) electrons. The number of hydrogen-bond acceptors (Lipinski definition) is 4. The van der Waals surface area contributed by atoms with Crippen molar-refractivity contribution in [3.8, 4) is 11.5 Å². The third-order valence-corrected chi connectivity index (χ3v) is 4.20. The van der Waals surface area contributed by atoms with Crippen LogP contribution in [0.5, 0.6) is 11.5 Å². The van der Waals surface area contributed by atoms with Gasteiger partial charge in [0.15, 0.2) is 0 Å². The zero-order valence-corrected chi connectivity index (χ0v) is 16.0. The molecule has 1 N–H and O–H groups in total. The van der Waals surface area contributed by atoms with Crippen LogP contribution >= 0.6 is 0 Å². The average Bonchev–Trinajstić information content (AvgIpc) is 2.61. The van der Waals surface area contributed by atoms with Gasteiger partial charge in [0.05, 0.1) is 20.3 Å². The van der Waals surface area contributed by atoms with Gasteiger partial charge in [0.25, 0.3) is 0 Å². The molecule has 2 aromatic rings. The van der Waals surface area contributed by atoms with E-state index in [0.29, 0.717) is 13.2 Å². The van der Waals surface area contributed by atoms with Crippen LogP contribution in [0.25, 0.3) is 0 Å². The van der Waals surface area contributed by atoms with Gasteiger partial charge in [-0.2, -0.15) is 0 Å². The van der Waals surface area contributed by atoms with Crippen molar-refractivity contribution in [2.45, 2.75) is 20.3 Å². The van der Waals surface area contributed by atoms with E-state index in [1.807, 2.05) is 36.2 Å². The third-order valence-electron chi connectivity index (χ3n) is 4.20. The van der Waals surface area contributed by atoms with Crippen LogP contribution < -0.4 is 14.8 Å². The molecule has 0 heterocycles. The van der Waals surface area contributed by atoms with Crippen molar-refractivity contribution >= 4 is 11.6 Å². The molecular formula is C21H28N2O3. The predicted molar refractivity (Wildman–Crippen MR) is 105 cm³/mol. The number of ether oxygens (including phenoxy) is 2. The molecule has 26 heavy (non-hydrogen) atoms. The highest BCUT2D eigenvalue weighted by Gasteiger charge is 2.07. The number of carbonyl (C=O) groups excluding carboxylic acids is 1. The van der Waals surface area contributed by atoms with Gasteiger partial charge in [0.1, 0.15) is 11.5 Å². The van der Waals surface area contributed by atoms with E-state index in [-0.39, 0.29) is 5.91 Å². The number of likely N-dealkylation sites (N-methyl/N-ethyl adjacent to an activating group) is 1. The molecule has 0 aliphatic heterocycles. The Morgan fingerprint density at radius 2 is 1.88 bits per heavy atom. The molecule has 0 saturated heterocycles. The van der Waals surface area contributed by atoms with Gasteiger partial charge in [-0.3, -0.25) is 9.69 Å². The molecule has 5 heteroatoms. The number of amides is 1. The highest BCUT2D eigenvalue weighted by Crippen LogP contribution is 2.17. The number of carbonyl (C=O) groups is 1. The van der Waals surface area contributed by atoms with Crippen molar-refractivity contribution in [3.05, 3.63) is 53.6 Å². The Balaban J connectivity index is 1.68. The summed E-state index contributed by atoms with van der Waals surface area (Å²) in [5.41, 5.74) is 3.23. The molecule has 5 nitrogen and oxygen atoms in total. The second kappa shape index (κ2) is 9.82. The summed E-state index contributed by atoms with van der Waals surface area (Å²) in [6.07, 6.45) is 0.857. The van der Waals surface area contributed by atoms with Crippen molar-refractivity contribution in [1.29, 1.82) is 0 Å². The molecule has 2 aromatic carbocycles. The molecule has 0 atom stereocenters. The first-order valence-corrected chi connectivity index (χ1v) is 8.80. The number of aryl methyl sites for hydroxylation is 2. The quantitative estimate of drug-likeness (QED) is 0.697. The van der Waals surface area contributed by atoms with E-state index in [0.717, 1.165) is 30.2 Å². The molecule has 1 amide bonds. The maximum Gasteiger partial charge on any atom is 0.238 e. The number of benzene rings is 2. The lowest BCUT2D eigenvalue weighted by molar-refractivity contribution is -0.117. The van der Waals surface area contributed by atoms with Gasteiger partial charge in [-0.15, -0.1) is 0 Å². The molecule has 0 bridgehead atoms. The normalized spacial score (nSPS) is 10.7. The Morgan fingerprint density at radius 3 is 2.62 bits per heavy atom. The molecular weight excluding hydrogens is 328 g/mol. The fourth-order valence-corrected chi connectivity index (χ4v) is 2.55. The molecule has 0 aliphatic carbocycles. The summed E-state index contributed by atoms with van der Waals surface area (Å²) in [7, 11) is 3.54. The number of hydrogen-bond donors (Lipinski definition) is 1. The number of methoxy groups -OCH3 is 1. The van der Waals surface area contributed by atoms with Crippen LogP contribution in [-0.4, -0.2) is 44.7 Å². The lowest BCUT2D eigenvalue weighted by Gasteiger charge is -2.16. The van der Waals surface area contributed by atoms with Gasteiger partial charge >= 0.3 is 0 Å². The van der Waals surface area contributed by atoms with E-state index in [4.69, 9.17) is 9.47 Å². The van der Waals surface area contributed by atoms with Gasteiger partial charge < -0.3 is 14.8 Å². The second-order valence-electron chi connectivity index (χ2n) is 6.47. The molecule has 140 valence electrons. The zero-order valence-electron chi connectivity index (χ0n) is 16.0. The summed E-state index contributed by atoms with van der Waals surface area (Å²) in [6.45, 7) is 5.92. The summed E-state index contributed by atoms with van der Waals surface area (Å²) in [5, 5.41) is 2.88. The molecule has 0 saturated carbocycles. The third kappa shape index (κ3) is 6.41. The van der Waals surface area contributed by atoms with Gasteiger partial charge in [0.2, 0.25) is 5.91 Å². The number of nitrogens with zero attached hydrogens (tertiary/aromatic N) is 1. The van der Waals surface area contributed by atoms with Crippen LogP contribution in [0.3, 0.4) is 0 Å². The topological polar surface area (TPSA) is 50.8 Å². The highest BCUT2D eigenvalue weighted by atomic mass is 16.5. The van der Waals surface area contributed by atoms with Gasteiger partial charge in [-0.25, -0.2) is 0 Å². The fourth-order valence-electron chi connectivity index (χ4n) is 2.55. The lowest BCUT2D eigenvalue weighted by Crippen LogP contribution is -2.31. The summed E-state index contributed by atoms with van der Waals surface area (Å²) >= 11 is 0. The van der Waals surface area contributed by atoms with Crippen LogP contribution in [0, 0.1) is 13.8 Å². The minimum absolute atomic E-state index is 0.0455. The molecule has 0 unspecified atom stereocenters. The summed E-state index contributed by atoms with van der Waals surface area (Å²) in [4.78, 5) is 14.1. The predicted octanol–water partition coefficient (Wildman–Crippen LogP) is 3.65. The number of anilines is 1. The SMILES string of the molecule is COc1cccc(NC(=O)CN(C)CCCOc2ccc(C)c(C)c2)c1. The Kier molecular flexibility index (Phi) is 7.48. The zero-order chi connectivity index (χ0) is 18.9. The van der Waals surface area contributed by atoms with Crippen molar-refractivity contribution < 1.29 is 14.3 Å². The van der Waals surface area contributed by atoms with Crippen LogP contribution in [-0.2, 0) is 4.79 Å². The summed E-state index contributed by atoms with van der Waals surface area (Å²) in [5.74, 6) is 1.57. The lowest BCUT2D eigenvalue weighted by atomic mass is 10.1. The number of rotatable bonds is 9. The monoisotopic (exact) mass is 356 g/mol. The average molecular weight is 356 g/mol. The minimum Gasteiger partial charge on any atom is -0.497 e.